The fourth-order valence-electron chi connectivity index (χ4n) is 2.65. The molecule has 0 bridgehead atoms. The average Bonchev–Trinajstić information content (AvgIpc) is 2.61. The van der Waals surface area contributed by atoms with Crippen LogP contribution in [-0.4, -0.2) is 111 Å². The number of ether oxygens (including phenoxy) is 6. The second-order valence-electron chi connectivity index (χ2n) is 6.05. The highest BCUT2D eigenvalue weighted by molar-refractivity contribution is 4.48. The van der Waals surface area contributed by atoms with Crippen molar-refractivity contribution < 1.29 is 32.9 Å². The maximum atomic E-state index is 5.70. The second-order valence-corrected chi connectivity index (χ2v) is 6.05. The zero-order chi connectivity index (χ0) is 18.6. The van der Waals surface area contributed by atoms with Crippen molar-refractivity contribution in [2.45, 2.75) is 13.3 Å². The van der Waals surface area contributed by atoms with Crippen LogP contribution < -0.4 is 0 Å². The lowest BCUT2D eigenvalue weighted by Crippen LogP contribution is -2.54. The molecule has 0 heterocycles. The summed E-state index contributed by atoms with van der Waals surface area (Å²) in [6, 6.07) is 0. The van der Waals surface area contributed by atoms with Crippen LogP contribution in [0.15, 0.2) is 0 Å². The molecule has 0 rings (SSSR count). The summed E-state index contributed by atoms with van der Waals surface area (Å²) in [6.07, 6.45) is 1.12. The topological polar surface area (TPSA) is 55.4 Å². The van der Waals surface area contributed by atoms with Crippen molar-refractivity contribution in [2.75, 3.05) is 107 Å². The highest BCUT2D eigenvalue weighted by Crippen LogP contribution is 2.09. The summed E-state index contributed by atoms with van der Waals surface area (Å²) in [7, 11) is 5.07. The van der Waals surface area contributed by atoms with E-state index in [2.05, 4.69) is 6.92 Å². The molecule has 0 aliphatic rings. The van der Waals surface area contributed by atoms with Crippen LogP contribution >= 0.6 is 0 Å². The summed E-state index contributed by atoms with van der Waals surface area (Å²) in [6.45, 7) is 12.2. The minimum Gasteiger partial charge on any atom is -0.382 e. The third-order valence-electron chi connectivity index (χ3n) is 4.12. The second kappa shape index (κ2) is 18.5. The first-order valence-corrected chi connectivity index (χ1v) is 9.29. The Bertz CT molecular complexity index is 232. The van der Waals surface area contributed by atoms with E-state index in [1.165, 1.54) is 0 Å². The van der Waals surface area contributed by atoms with Crippen LogP contribution in [0.4, 0.5) is 0 Å². The first kappa shape index (κ1) is 24.7. The molecule has 0 aliphatic carbocycles. The van der Waals surface area contributed by atoms with Gasteiger partial charge in [-0.05, 0) is 6.42 Å². The molecule has 25 heavy (non-hydrogen) atoms. The quantitative estimate of drug-likeness (QED) is 0.238. The largest absolute Gasteiger partial charge is 0.382 e. The Morgan fingerprint density at radius 1 is 0.480 bits per heavy atom. The Labute approximate surface area is 154 Å². The van der Waals surface area contributed by atoms with Crippen LogP contribution in [0, 0.1) is 0 Å². The van der Waals surface area contributed by atoms with Crippen LogP contribution in [0.25, 0.3) is 0 Å². The molecule has 0 saturated carbocycles. The number of hydrogen-bond donors (Lipinski definition) is 0. The van der Waals surface area contributed by atoms with Crippen LogP contribution in [0.3, 0.4) is 0 Å². The van der Waals surface area contributed by atoms with Gasteiger partial charge >= 0.3 is 0 Å². The van der Waals surface area contributed by atoms with E-state index >= 15 is 0 Å². The molecule has 0 N–H and O–H groups in total. The number of rotatable bonds is 20. The molecule has 0 atom stereocenters. The van der Waals surface area contributed by atoms with Crippen LogP contribution in [0.1, 0.15) is 13.3 Å². The standard InChI is InChI=1S/C18H40NO6/c1-5-6-19(7-10-23-16-13-20-2,8-11-24-17-14-21-3)9-12-25-18-15-22-4/h5-18H2,1-4H3/q+1. The predicted molar refractivity (Wildman–Crippen MR) is 98.1 cm³/mol. The molecule has 0 spiro atoms. The molecule has 0 aromatic rings. The van der Waals surface area contributed by atoms with Gasteiger partial charge in [-0.25, -0.2) is 0 Å². The summed E-state index contributed by atoms with van der Waals surface area (Å²) in [5.41, 5.74) is 0. The molecule has 7 heteroatoms. The Morgan fingerprint density at radius 2 is 0.840 bits per heavy atom. The van der Waals surface area contributed by atoms with E-state index in [9.17, 15) is 0 Å². The van der Waals surface area contributed by atoms with Crippen molar-refractivity contribution >= 4 is 0 Å². The van der Waals surface area contributed by atoms with Gasteiger partial charge in [-0.15, -0.1) is 0 Å². The number of quaternary nitrogens is 1. The van der Waals surface area contributed by atoms with E-state index in [0.717, 1.165) is 56.9 Å². The number of hydrogen-bond acceptors (Lipinski definition) is 6. The van der Waals surface area contributed by atoms with Gasteiger partial charge in [-0.1, -0.05) is 6.92 Å². The zero-order valence-corrected chi connectivity index (χ0v) is 16.8. The minimum atomic E-state index is 0.633. The van der Waals surface area contributed by atoms with E-state index in [1.54, 1.807) is 21.3 Å². The van der Waals surface area contributed by atoms with Crippen LogP contribution in [-0.2, 0) is 28.4 Å². The lowest BCUT2D eigenvalue weighted by molar-refractivity contribution is -0.929. The highest BCUT2D eigenvalue weighted by atomic mass is 16.5. The molecule has 0 radical (unpaired) electrons. The molecule has 0 saturated heterocycles. The fourth-order valence-corrected chi connectivity index (χ4v) is 2.65. The van der Waals surface area contributed by atoms with Crippen molar-refractivity contribution in [3.05, 3.63) is 0 Å². The summed E-state index contributed by atoms with van der Waals surface area (Å²) < 4.78 is 33.2. The molecular weight excluding hydrogens is 326 g/mol. The van der Waals surface area contributed by atoms with Gasteiger partial charge in [-0.3, -0.25) is 0 Å². The Kier molecular flexibility index (Phi) is 18.3. The molecule has 0 fully saturated rings. The highest BCUT2D eigenvalue weighted by Gasteiger charge is 2.26. The van der Waals surface area contributed by atoms with Gasteiger partial charge in [0.15, 0.2) is 0 Å². The van der Waals surface area contributed by atoms with E-state index in [1.807, 2.05) is 0 Å². The van der Waals surface area contributed by atoms with E-state index < -0.39 is 0 Å². The maximum absolute atomic E-state index is 5.70. The van der Waals surface area contributed by atoms with Crippen LogP contribution in [0.2, 0.25) is 0 Å². The summed E-state index contributed by atoms with van der Waals surface area (Å²) in [4.78, 5) is 0. The van der Waals surface area contributed by atoms with Gasteiger partial charge in [0, 0.05) is 21.3 Å². The van der Waals surface area contributed by atoms with Gasteiger partial charge in [0.1, 0.15) is 19.6 Å². The van der Waals surface area contributed by atoms with Gasteiger partial charge in [0.05, 0.1) is 66.0 Å². The van der Waals surface area contributed by atoms with Crippen molar-refractivity contribution in [2.24, 2.45) is 0 Å². The Morgan fingerprint density at radius 3 is 1.12 bits per heavy atom. The zero-order valence-electron chi connectivity index (χ0n) is 16.8. The molecule has 0 aliphatic heterocycles. The van der Waals surface area contributed by atoms with Crippen LogP contribution in [0.5, 0.6) is 0 Å². The number of methoxy groups -OCH3 is 3. The van der Waals surface area contributed by atoms with Crippen molar-refractivity contribution in [1.29, 1.82) is 0 Å². The minimum absolute atomic E-state index is 0.633. The molecule has 0 aromatic heterocycles. The average molecular weight is 367 g/mol. The van der Waals surface area contributed by atoms with Gasteiger partial charge in [0.2, 0.25) is 0 Å². The summed E-state index contributed by atoms with van der Waals surface area (Å²) in [5.74, 6) is 0. The smallest absolute Gasteiger partial charge is 0.103 e. The molecule has 7 nitrogen and oxygen atoms in total. The number of nitrogens with zero attached hydrogens (tertiary/aromatic N) is 1. The van der Waals surface area contributed by atoms with E-state index in [-0.39, 0.29) is 0 Å². The van der Waals surface area contributed by atoms with E-state index in [0.29, 0.717) is 39.6 Å². The first-order valence-electron chi connectivity index (χ1n) is 9.29. The van der Waals surface area contributed by atoms with Gasteiger partial charge < -0.3 is 32.9 Å². The lowest BCUT2D eigenvalue weighted by atomic mass is 10.2. The summed E-state index contributed by atoms with van der Waals surface area (Å²) >= 11 is 0. The normalized spacial score (nSPS) is 12.0. The molecule has 152 valence electrons. The van der Waals surface area contributed by atoms with Crippen molar-refractivity contribution in [1.82, 2.24) is 0 Å². The monoisotopic (exact) mass is 366 g/mol. The Hall–Kier alpha value is -0.280. The SMILES string of the molecule is CCC[N+](CCOCCOC)(CCOCCOC)CCOCCOC. The molecule has 0 amide bonds. The lowest BCUT2D eigenvalue weighted by Gasteiger charge is -2.38. The van der Waals surface area contributed by atoms with Crippen molar-refractivity contribution in [3.8, 4) is 0 Å². The first-order chi connectivity index (χ1) is 12.2. The maximum Gasteiger partial charge on any atom is 0.103 e. The Balaban J connectivity index is 4.40. The third kappa shape index (κ3) is 14.6. The fraction of sp³-hybridized carbons (Fsp3) is 1.00. The molecule has 0 aromatic carbocycles. The van der Waals surface area contributed by atoms with Gasteiger partial charge in [0.25, 0.3) is 0 Å². The third-order valence-corrected chi connectivity index (χ3v) is 4.12. The molecule has 0 unspecified atom stereocenters. The predicted octanol–water partition coefficient (Wildman–Crippen LogP) is 1.20. The van der Waals surface area contributed by atoms with Crippen molar-refractivity contribution in [3.63, 3.8) is 0 Å². The van der Waals surface area contributed by atoms with Gasteiger partial charge in [-0.2, -0.15) is 0 Å². The molecular formula is C18H40NO6+. The van der Waals surface area contributed by atoms with E-state index in [4.69, 9.17) is 28.4 Å². The summed E-state index contributed by atoms with van der Waals surface area (Å²) in [5, 5.41) is 0.